The van der Waals surface area contributed by atoms with Gasteiger partial charge in [-0.2, -0.15) is 10.1 Å². The number of anilines is 2. The van der Waals surface area contributed by atoms with Gasteiger partial charge in [0, 0.05) is 109 Å². The van der Waals surface area contributed by atoms with Crippen molar-refractivity contribution < 1.29 is 90.8 Å². The van der Waals surface area contributed by atoms with E-state index < -0.39 is 77.8 Å². The molecule has 5 aromatic rings. The van der Waals surface area contributed by atoms with Crippen LogP contribution in [0, 0.1) is 35.5 Å². The van der Waals surface area contributed by atoms with Crippen molar-refractivity contribution in [1.82, 2.24) is 49.9 Å². The monoisotopic (exact) mass is 1630 g/mol. The Kier molecular flexibility index (Phi) is 36.6. The molecule has 1 aromatic carbocycles. The minimum absolute atomic E-state index is 0.00661. The number of cyclic esters (lactones) is 1. The fourth-order valence-corrected chi connectivity index (χ4v) is 16.2. The third-order valence-electron chi connectivity index (χ3n) is 23.2. The highest BCUT2D eigenvalue weighted by atomic mass is 16.6. The topological polar surface area (TPSA) is 411 Å². The highest BCUT2D eigenvalue weighted by Gasteiger charge is 2.53. The number of aromatic nitrogens is 8. The Balaban J connectivity index is 0.656. The van der Waals surface area contributed by atoms with Crippen LogP contribution in [-0.4, -0.2) is 231 Å². The van der Waals surface area contributed by atoms with E-state index in [9.17, 15) is 43.8 Å². The van der Waals surface area contributed by atoms with Gasteiger partial charge in [0.15, 0.2) is 17.0 Å². The number of benzene rings is 1. The lowest BCUT2D eigenvalue weighted by Crippen LogP contribution is -2.61. The lowest BCUT2D eigenvalue weighted by molar-refractivity contribution is -0.265. The van der Waals surface area contributed by atoms with Crippen molar-refractivity contribution in [3.05, 3.63) is 84.0 Å². The Hall–Kier alpha value is -8.37. The molecule has 1 unspecified atom stereocenters. The molecule has 2 amide bonds. The highest BCUT2D eigenvalue weighted by molar-refractivity contribution is 6.39. The van der Waals surface area contributed by atoms with Crippen molar-refractivity contribution in [3.8, 4) is 11.3 Å². The number of aliphatic hydroxyl groups is 2. The first-order chi connectivity index (χ1) is 56.3. The second kappa shape index (κ2) is 46.3. The maximum atomic E-state index is 14.8. The van der Waals surface area contributed by atoms with E-state index in [4.69, 9.17) is 63.6 Å². The van der Waals surface area contributed by atoms with E-state index in [2.05, 4.69) is 30.6 Å². The number of piperidine rings is 1. The van der Waals surface area contributed by atoms with Crippen LogP contribution in [0.2, 0.25) is 0 Å². The zero-order valence-electron chi connectivity index (χ0n) is 70.1. The van der Waals surface area contributed by atoms with E-state index in [1.165, 1.54) is 18.3 Å². The molecule has 31 nitrogen and oxygen atoms in total. The summed E-state index contributed by atoms with van der Waals surface area (Å²) in [6.07, 6.45) is 20.3. The third kappa shape index (κ3) is 26.8. The number of aryl methyl sites for hydroxylation is 2. The lowest BCUT2D eigenvalue weighted by atomic mass is 9.78. The van der Waals surface area contributed by atoms with Gasteiger partial charge in [0.25, 0.3) is 17.7 Å². The minimum atomic E-state index is -2.46. The highest BCUT2D eigenvalue weighted by Crippen LogP contribution is 2.39. The second-order valence-corrected chi connectivity index (χ2v) is 32.2. The average Bonchev–Trinajstić information content (AvgIpc) is 1.76. The zero-order valence-corrected chi connectivity index (χ0v) is 70.1. The number of nitrogen functional groups attached to an aromatic ring is 2. The number of ketones is 4. The molecular formula is C86H126N12O19. The SMILES string of the molecule is CO[C@H]1C[C@@H]2CC[C@@H](C)[C@@](O)(O2)C(=O)C(=O)N2CCCC[C@H]2C(=O)OC([C@H](C)C[C@@H]2CC[C@@H](OCCCCc3cn(CCOCCOCCOCCNC(=O)CCC(=O)CCCCCn4nc(-c5ccc6oc(N)nc6c5)c5c(N)ncnc54)nn3)[C@H](OC)C2)CC(=O)[C@H](C)/C=C(\C)[C@@H](O)[C@@H](OC)C(=O)[C@H](C)C[C@H](C)/C=C/C=C/C=C/1C. The largest absolute Gasteiger partial charge is 0.460 e. The van der Waals surface area contributed by atoms with Crippen molar-refractivity contribution in [1.29, 1.82) is 0 Å². The molecule has 7 heterocycles. The number of oxazole rings is 1. The fourth-order valence-electron chi connectivity index (χ4n) is 16.2. The number of aliphatic hydroxyl groups excluding tert-OH is 1. The number of unbranched alkanes of at least 4 members (excludes halogenated alkanes) is 3. The molecule has 3 aliphatic heterocycles. The Morgan fingerprint density at radius 2 is 1.56 bits per heavy atom. The van der Waals surface area contributed by atoms with Gasteiger partial charge in [-0.15, -0.1) is 5.10 Å². The van der Waals surface area contributed by atoms with E-state index in [-0.39, 0.29) is 91.5 Å². The Morgan fingerprint density at radius 3 is 2.33 bits per heavy atom. The molecule has 7 N–H and O–H groups in total. The first-order valence-electron chi connectivity index (χ1n) is 41.9. The number of ether oxygens (including phenoxy) is 9. The van der Waals surface area contributed by atoms with Gasteiger partial charge in [0.2, 0.25) is 11.7 Å². The number of allylic oxidation sites excluding steroid dienone is 6. The van der Waals surface area contributed by atoms with Crippen molar-refractivity contribution in [3.63, 3.8) is 0 Å². The summed E-state index contributed by atoms with van der Waals surface area (Å²) in [6.45, 7) is 16.9. The molecule has 644 valence electrons. The molecule has 3 fully saturated rings. The Labute approximate surface area is 686 Å². The minimum Gasteiger partial charge on any atom is -0.460 e. The molecule has 9 rings (SSSR count). The van der Waals surface area contributed by atoms with E-state index in [1.807, 2.05) is 76.4 Å². The summed E-state index contributed by atoms with van der Waals surface area (Å²) in [7, 11) is 4.64. The molecule has 1 aliphatic carbocycles. The van der Waals surface area contributed by atoms with Crippen molar-refractivity contribution in [2.45, 2.75) is 251 Å². The molecule has 117 heavy (non-hydrogen) atoms. The summed E-state index contributed by atoms with van der Waals surface area (Å²) in [4.78, 5) is 111. The standard InChI is InChI=1S/C86H126N12O19/c1-54-21-13-11-14-22-55(2)71(108-8)50-65-30-26-60(7)86(107,117-65)80(104)83(105)97-35-19-16-25-67(97)84(106)115-72(51-68(100)56(3)46-59(6)78(103)79(110-10)77(102)58(5)45-54)57(4)47-61-27-31-70(73(48-61)109-9)114-38-20-17-23-63-52-96(95-93-63)37-40-112-42-44-113-43-41-111-39-34-89-74(101)33-29-64(99)24-15-12-18-36-98-82-75(81(87)90-53-91-82)76(94-98)62-28-32-69-66(49-62)92-85(88)116-69/h11,13-14,21-22,28,32,46,49,52-54,56-58,60-61,65,67,70-73,78-79,103,107H,12,15-20,23-27,29-31,33-45,47-48,50-51H2,1-10H3,(H2,88,92)(H,89,101)(H2,87,90,91)/b14-11+,21-13+,55-22+,59-46+/t54-,56-,57-,58-,60-,61+,65+,67+,70-,71+,72?,73-,78-,79+,86-/m1/s1. The first kappa shape index (κ1) is 92.5. The Morgan fingerprint density at radius 1 is 0.786 bits per heavy atom. The molecular weight excluding hydrogens is 1510 g/mol. The van der Waals surface area contributed by atoms with Gasteiger partial charge in [0.1, 0.15) is 59.3 Å². The number of Topliss-reactive ketones (excluding diaryl/α,β-unsaturated/α-hetero) is 4. The van der Waals surface area contributed by atoms with Gasteiger partial charge in [0.05, 0.1) is 81.7 Å². The van der Waals surface area contributed by atoms with Gasteiger partial charge in [-0.05, 0) is 157 Å². The molecule has 15 atom stereocenters. The van der Waals surface area contributed by atoms with Gasteiger partial charge in [-0.25, -0.2) is 24.1 Å². The van der Waals surface area contributed by atoms with Crippen LogP contribution >= 0.6 is 0 Å². The van der Waals surface area contributed by atoms with E-state index >= 15 is 0 Å². The van der Waals surface area contributed by atoms with Crippen LogP contribution in [0.5, 0.6) is 0 Å². The van der Waals surface area contributed by atoms with E-state index in [0.29, 0.717) is 169 Å². The van der Waals surface area contributed by atoms with Crippen LogP contribution in [0.1, 0.15) is 183 Å². The summed E-state index contributed by atoms with van der Waals surface area (Å²) < 4.78 is 62.8. The summed E-state index contributed by atoms with van der Waals surface area (Å²) in [5.41, 5.74) is 17.3. The van der Waals surface area contributed by atoms with Crippen LogP contribution in [0.25, 0.3) is 33.4 Å². The number of nitrogens with zero attached hydrogens (tertiary/aromatic N) is 9. The maximum absolute atomic E-state index is 14.8. The number of methoxy groups -OCH3 is 3. The number of carbonyl (C=O) groups excluding carboxylic acids is 7. The van der Waals surface area contributed by atoms with E-state index in [1.54, 1.807) is 56.5 Å². The molecule has 31 heteroatoms. The molecule has 1 saturated carbocycles. The second-order valence-electron chi connectivity index (χ2n) is 32.2. The summed E-state index contributed by atoms with van der Waals surface area (Å²) in [6, 6.07) is 4.38. The van der Waals surface area contributed by atoms with Crippen molar-refractivity contribution in [2.75, 3.05) is 92.1 Å². The fraction of sp³-hybridized carbons (Fsp3) is 0.663. The number of esters is 1. The molecule has 0 spiro atoms. The summed E-state index contributed by atoms with van der Waals surface area (Å²) >= 11 is 0. The normalized spacial score (nSPS) is 27.7. The summed E-state index contributed by atoms with van der Waals surface area (Å²) in [5, 5.41) is 40.7. The number of amides is 2. The van der Waals surface area contributed by atoms with Crippen LogP contribution < -0.4 is 16.8 Å². The number of hydrogen-bond donors (Lipinski definition) is 5. The molecule has 2 bridgehead atoms. The number of nitrogens with two attached hydrogens (primary N) is 2. The van der Waals surface area contributed by atoms with Crippen molar-refractivity contribution >= 4 is 74.9 Å². The number of hydrogen-bond acceptors (Lipinski definition) is 27. The lowest BCUT2D eigenvalue weighted by Gasteiger charge is -2.42. The average molecular weight is 1630 g/mol. The maximum Gasteiger partial charge on any atom is 0.329 e. The molecule has 4 aliphatic rings. The van der Waals surface area contributed by atoms with Crippen molar-refractivity contribution in [2.24, 2.45) is 35.5 Å². The predicted molar refractivity (Wildman–Crippen MR) is 437 cm³/mol. The van der Waals surface area contributed by atoms with Gasteiger partial charge < -0.3 is 78.9 Å². The number of nitrogens with one attached hydrogen (secondary N) is 1. The number of fused-ring (bicyclic) bond motifs is 5. The van der Waals surface area contributed by atoms with Gasteiger partial charge in [-0.3, -0.25) is 28.8 Å². The van der Waals surface area contributed by atoms with Crippen LogP contribution in [0.3, 0.4) is 0 Å². The molecule has 0 radical (unpaired) electrons. The third-order valence-corrected chi connectivity index (χ3v) is 23.2. The first-order valence-corrected chi connectivity index (χ1v) is 41.9. The zero-order chi connectivity index (χ0) is 84.1. The number of carbonyl (C=O) groups is 7. The Bertz CT molecular complexity index is 4190. The summed E-state index contributed by atoms with van der Waals surface area (Å²) in [5.74, 6) is -8.07. The molecule has 4 aromatic heterocycles. The van der Waals surface area contributed by atoms with Gasteiger partial charge in [-0.1, -0.05) is 82.7 Å². The predicted octanol–water partition coefficient (Wildman–Crippen LogP) is 9.71. The van der Waals surface area contributed by atoms with Gasteiger partial charge >= 0.3 is 5.97 Å². The van der Waals surface area contributed by atoms with Crippen LogP contribution in [0.15, 0.2) is 82.7 Å². The van der Waals surface area contributed by atoms with Crippen LogP contribution in [-0.2, 0) is 95.7 Å². The number of rotatable bonds is 34. The quantitative estimate of drug-likeness (QED) is 0.0111. The van der Waals surface area contributed by atoms with Crippen LogP contribution in [0.4, 0.5) is 11.8 Å². The smallest absolute Gasteiger partial charge is 0.329 e. The van der Waals surface area contributed by atoms with E-state index in [0.717, 1.165) is 61.8 Å². The molecule has 2 saturated heterocycles.